The van der Waals surface area contributed by atoms with Gasteiger partial charge in [-0.15, -0.1) is 0 Å². The predicted molar refractivity (Wildman–Crippen MR) is 73.0 cm³/mol. The first-order chi connectivity index (χ1) is 8.61. The molecular formula is C15H19NO2. The summed E-state index contributed by atoms with van der Waals surface area (Å²) in [6.45, 7) is 8.43. The van der Waals surface area contributed by atoms with Crippen molar-refractivity contribution in [2.75, 3.05) is 24.6 Å². The van der Waals surface area contributed by atoms with Crippen LogP contribution >= 0.6 is 0 Å². The monoisotopic (exact) mass is 245 g/mol. The van der Waals surface area contributed by atoms with Gasteiger partial charge in [-0.05, 0) is 39.0 Å². The highest BCUT2D eigenvalue weighted by Crippen LogP contribution is 2.24. The molecule has 1 heterocycles. The maximum atomic E-state index is 11.7. The average molecular weight is 245 g/mol. The van der Waals surface area contributed by atoms with Gasteiger partial charge in [0.25, 0.3) is 0 Å². The Hall–Kier alpha value is -1.77. The molecule has 0 aromatic heterocycles. The number of esters is 1. The molecule has 1 aliphatic rings. The van der Waals surface area contributed by atoms with Crippen molar-refractivity contribution in [3.8, 4) is 0 Å². The van der Waals surface area contributed by atoms with E-state index < -0.39 is 0 Å². The van der Waals surface area contributed by atoms with Crippen LogP contribution in [0.2, 0.25) is 0 Å². The molecule has 3 heteroatoms. The molecule has 0 N–H and O–H groups in total. The normalized spacial score (nSPS) is 15.2. The molecule has 0 aliphatic carbocycles. The summed E-state index contributed by atoms with van der Waals surface area (Å²) in [5.41, 5.74) is 4.53. The van der Waals surface area contributed by atoms with Gasteiger partial charge in [-0.2, -0.15) is 0 Å². The van der Waals surface area contributed by atoms with Crippen molar-refractivity contribution in [1.82, 2.24) is 0 Å². The van der Waals surface area contributed by atoms with Gasteiger partial charge in [0.15, 0.2) is 0 Å². The van der Waals surface area contributed by atoms with E-state index in [9.17, 15) is 4.79 Å². The van der Waals surface area contributed by atoms with Crippen LogP contribution in [0, 0.1) is 0 Å². The van der Waals surface area contributed by atoms with Gasteiger partial charge in [0.2, 0.25) is 0 Å². The van der Waals surface area contributed by atoms with Crippen LogP contribution in [0.25, 0.3) is 0 Å². The predicted octanol–water partition coefficient (Wildman–Crippen LogP) is 3.02. The molecule has 1 aromatic rings. The zero-order valence-electron chi connectivity index (χ0n) is 11.2. The van der Waals surface area contributed by atoms with E-state index in [2.05, 4.69) is 18.7 Å². The summed E-state index contributed by atoms with van der Waals surface area (Å²) in [6, 6.07) is 7.65. The fourth-order valence-electron chi connectivity index (χ4n) is 2.12. The number of nitrogens with zero attached hydrogens (tertiary/aromatic N) is 1. The number of carbonyl (C=O) groups is 1. The van der Waals surface area contributed by atoms with Gasteiger partial charge in [0.05, 0.1) is 12.2 Å². The highest BCUT2D eigenvalue weighted by molar-refractivity contribution is 5.90. The minimum absolute atomic E-state index is 0.250. The van der Waals surface area contributed by atoms with Crippen LogP contribution in [0.4, 0.5) is 5.69 Å². The Morgan fingerprint density at radius 3 is 2.56 bits per heavy atom. The van der Waals surface area contributed by atoms with Gasteiger partial charge in [0, 0.05) is 18.8 Å². The number of rotatable bonds is 3. The van der Waals surface area contributed by atoms with Gasteiger partial charge < -0.3 is 9.64 Å². The molecule has 0 fully saturated rings. The van der Waals surface area contributed by atoms with Crippen LogP contribution in [0.1, 0.15) is 31.1 Å². The second kappa shape index (κ2) is 5.25. The fourth-order valence-corrected chi connectivity index (χ4v) is 2.12. The highest BCUT2D eigenvalue weighted by Gasteiger charge is 2.17. The van der Waals surface area contributed by atoms with E-state index in [0.29, 0.717) is 12.2 Å². The van der Waals surface area contributed by atoms with E-state index in [1.165, 1.54) is 11.1 Å². The second-order valence-corrected chi connectivity index (χ2v) is 4.69. The molecule has 0 spiro atoms. The standard InChI is InChI=1S/C15H19NO2/c1-4-18-15(17)13-6-5-7-14(8-13)16-9-11(2)12(3)10-16/h5-8H,4,9-10H2,1-3H3. The van der Waals surface area contributed by atoms with E-state index >= 15 is 0 Å². The van der Waals surface area contributed by atoms with Crippen LogP contribution in [0.5, 0.6) is 0 Å². The topological polar surface area (TPSA) is 29.5 Å². The van der Waals surface area contributed by atoms with Crippen molar-refractivity contribution in [2.45, 2.75) is 20.8 Å². The Bertz CT molecular complexity index is 477. The van der Waals surface area contributed by atoms with E-state index in [-0.39, 0.29) is 5.97 Å². The SMILES string of the molecule is CCOC(=O)c1cccc(N2CC(C)=C(C)C2)c1. The molecule has 0 amide bonds. The van der Waals surface area contributed by atoms with Crippen LogP contribution in [0.3, 0.4) is 0 Å². The maximum absolute atomic E-state index is 11.7. The van der Waals surface area contributed by atoms with Crippen molar-refractivity contribution in [3.63, 3.8) is 0 Å². The molecule has 2 rings (SSSR count). The lowest BCUT2D eigenvalue weighted by atomic mass is 10.2. The van der Waals surface area contributed by atoms with Gasteiger partial charge in [-0.1, -0.05) is 17.2 Å². The average Bonchev–Trinajstić information content (AvgIpc) is 2.70. The van der Waals surface area contributed by atoms with Crippen LogP contribution < -0.4 is 4.90 Å². The zero-order chi connectivity index (χ0) is 13.1. The molecule has 0 saturated heterocycles. The first-order valence-electron chi connectivity index (χ1n) is 6.29. The van der Waals surface area contributed by atoms with Gasteiger partial charge in [-0.3, -0.25) is 0 Å². The fraction of sp³-hybridized carbons (Fsp3) is 0.400. The summed E-state index contributed by atoms with van der Waals surface area (Å²) in [4.78, 5) is 14.0. The summed E-state index contributed by atoms with van der Waals surface area (Å²) in [5.74, 6) is -0.250. The molecule has 1 aromatic carbocycles. The Labute approximate surface area is 108 Å². The van der Waals surface area contributed by atoms with Crippen LogP contribution in [-0.2, 0) is 4.74 Å². The molecule has 0 saturated carbocycles. The molecular weight excluding hydrogens is 226 g/mol. The molecule has 0 unspecified atom stereocenters. The largest absolute Gasteiger partial charge is 0.462 e. The number of anilines is 1. The van der Waals surface area contributed by atoms with Crippen molar-refractivity contribution in [3.05, 3.63) is 41.0 Å². The molecule has 0 radical (unpaired) electrons. The molecule has 3 nitrogen and oxygen atoms in total. The van der Waals surface area contributed by atoms with Crippen molar-refractivity contribution >= 4 is 11.7 Å². The molecule has 1 aliphatic heterocycles. The summed E-state index contributed by atoms with van der Waals surface area (Å²) in [5, 5.41) is 0. The van der Waals surface area contributed by atoms with Gasteiger partial charge >= 0.3 is 5.97 Å². The Morgan fingerprint density at radius 1 is 1.28 bits per heavy atom. The zero-order valence-corrected chi connectivity index (χ0v) is 11.2. The van der Waals surface area contributed by atoms with Gasteiger partial charge in [-0.25, -0.2) is 4.79 Å². The van der Waals surface area contributed by atoms with Gasteiger partial charge in [0.1, 0.15) is 0 Å². The summed E-state index contributed by atoms with van der Waals surface area (Å²) in [7, 11) is 0. The number of benzene rings is 1. The van der Waals surface area contributed by atoms with Crippen LogP contribution in [0.15, 0.2) is 35.4 Å². The number of carbonyl (C=O) groups excluding carboxylic acids is 1. The lowest BCUT2D eigenvalue weighted by molar-refractivity contribution is 0.0526. The van der Waals surface area contributed by atoms with Crippen LogP contribution in [-0.4, -0.2) is 25.7 Å². The molecule has 96 valence electrons. The van der Waals surface area contributed by atoms with Crippen molar-refractivity contribution < 1.29 is 9.53 Å². The minimum Gasteiger partial charge on any atom is -0.462 e. The summed E-state index contributed by atoms with van der Waals surface area (Å²) >= 11 is 0. The third kappa shape index (κ3) is 2.55. The number of hydrogen-bond acceptors (Lipinski definition) is 3. The van der Waals surface area contributed by atoms with Crippen molar-refractivity contribution in [2.24, 2.45) is 0 Å². The molecule has 0 atom stereocenters. The lowest BCUT2D eigenvalue weighted by Crippen LogP contribution is -2.20. The Balaban J connectivity index is 2.16. The second-order valence-electron chi connectivity index (χ2n) is 4.69. The quantitative estimate of drug-likeness (QED) is 0.605. The maximum Gasteiger partial charge on any atom is 0.338 e. The first kappa shape index (κ1) is 12.7. The lowest BCUT2D eigenvalue weighted by Gasteiger charge is -2.19. The summed E-state index contributed by atoms with van der Waals surface area (Å²) < 4.78 is 5.02. The smallest absolute Gasteiger partial charge is 0.338 e. The van der Waals surface area contributed by atoms with E-state index in [1.807, 2.05) is 25.1 Å². The van der Waals surface area contributed by atoms with E-state index in [4.69, 9.17) is 4.74 Å². The third-order valence-corrected chi connectivity index (χ3v) is 3.31. The molecule has 18 heavy (non-hydrogen) atoms. The number of hydrogen-bond donors (Lipinski definition) is 0. The minimum atomic E-state index is -0.250. The number of ether oxygens (including phenoxy) is 1. The Kier molecular flexibility index (Phi) is 3.70. The first-order valence-corrected chi connectivity index (χ1v) is 6.29. The Morgan fingerprint density at radius 2 is 1.94 bits per heavy atom. The third-order valence-electron chi connectivity index (χ3n) is 3.31. The van der Waals surface area contributed by atoms with Crippen molar-refractivity contribution in [1.29, 1.82) is 0 Å². The highest BCUT2D eigenvalue weighted by atomic mass is 16.5. The summed E-state index contributed by atoms with van der Waals surface area (Å²) in [6.07, 6.45) is 0. The van der Waals surface area contributed by atoms with E-state index in [0.717, 1.165) is 18.8 Å². The van der Waals surface area contributed by atoms with E-state index in [1.54, 1.807) is 6.07 Å². The molecule has 0 bridgehead atoms.